The maximum absolute atomic E-state index is 11.1. The first-order valence-electron chi connectivity index (χ1n) is 10.4. The molecular weight excluding hydrogens is 386 g/mol. The van der Waals surface area contributed by atoms with Gasteiger partial charge in [-0.25, -0.2) is 0 Å². The minimum Gasteiger partial charge on any atom is -0.489 e. The van der Waals surface area contributed by atoms with Crippen molar-refractivity contribution in [2.45, 2.75) is 26.0 Å². The summed E-state index contributed by atoms with van der Waals surface area (Å²) in [6.07, 6.45) is 4.80. The number of nitrogens with zero attached hydrogens (tertiary/aromatic N) is 1. The van der Waals surface area contributed by atoms with Gasteiger partial charge in [0, 0.05) is 30.9 Å². The van der Waals surface area contributed by atoms with Crippen LogP contribution >= 0.6 is 0 Å². The second kappa shape index (κ2) is 9.81. The number of carbonyl (C=O) groups is 1. The molecule has 0 bridgehead atoms. The van der Waals surface area contributed by atoms with Crippen molar-refractivity contribution in [3.05, 3.63) is 114 Å². The Balaban J connectivity index is 1.46. The molecule has 0 spiro atoms. The van der Waals surface area contributed by atoms with Crippen LogP contribution in [0.2, 0.25) is 0 Å². The fourth-order valence-electron chi connectivity index (χ4n) is 3.61. The highest BCUT2D eigenvalue weighted by atomic mass is 16.5. The van der Waals surface area contributed by atoms with Gasteiger partial charge < -0.3 is 14.4 Å². The van der Waals surface area contributed by atoms with Crippen molar-refractivity contribution in [1.82, 2.24) is 4.57 Å². The van der Waals surface area contributed by atoms with Crippen molar-refractivity contribution >= 4 is 5.97 Å². The molecular formula is C27H25NO3. The van der Waals surface area contributed by atoms with E-state index in [1.807, 2.05) is 60.7 Å². The van der Waals surface area contributed by atoms with Crippen LogP contribution in [-0.2, 0) is 24.4 Å². The molecule has 0 aliphatic rings. The van der Waals surface area contributed by atoms with Gasteiger partial charge in [-0.05, 0) is 40.8 Å². The molecule has 0 fully saturated rings. The van der Waals surface area contributed by atoms with E-state index >= 15 is 0 Å². The van der Waals surface area contributed by atoms with E-state index < -0.39 is 5.97 Å². The number of hydrogen-bond donors (Lipinski definition) is 1. The topological polar surface area (TPSA) is 51.5 Å². The van der Waals surface area contributed by atoms with E-state index in [1.165, 1.54) is 0 Å². The first kappa shape index (κ1) is 20.5. The summed E-state index contributed by atoms with van der Waals surface area (Å²) in [5.74, 6) is 0.0603. The average molecular weight is 412 g/mol. The van der Waals surface area contributed by atoms with Gasteiger partial charge >= 0.3 is 5.97 Å². The predicted octanol–water partition coefficient (Wildman–Crippen LogP) is 5.80. The molecule has 0 radical (unpaired) electrons. The fourth-order valence-corrected chi connectivity index (χ4v) is 3.61. The number of aryl methyl sites for hydroxylation is 1. The highest BCUT2D eigenvalue weighted by Gasteiger charge is 2.11. The maximum atomic E-state index is 11.1. The number of aliphatic carboxylic acids is 1. The monoisotopic (exact) mass is 411 g/mol. The molecule has 0 aliphatic heterocycles. The van der Waals surface area contributed by atoms with Gasteiger partial charge in [-0.2, -0.15) is 0 Å². The summed E-state index contributed by atoms with van der Waals surface area (Å²) in [5.41, 5.74) is 5.54. The van der Waals surface area contributed by atoms with Gasteiger partial charge in [0.05, 0.1) is 0 Å². The summed E-state index contributed by atoms with van der Waals surface area (Å²) in [7, 11) is 0. The van der Waals surface area contributed by atoms with Gasteiger partial charge in [0.15, 0.2) is 0 Å². The Morgan fingerprint density at radius 2 is 1.48 bits per heavy atom. The highest BCUT2D eigenvalue weighted by Crippen LogP contribution is 2.26. The van der Waals surface area contributed by atoms with Crippen LogP contribution in [0.4, 0.5) is 0 Å². The second-order valence-corrected chi connectivity index (χ2v) is 7.55. The van der Waals surface area contributed by atoms with E-state index in [0.717, 1.165) is 33.6 Å². The van der Waals surface area contributed by atoms with Crippen LogP contribution in [0.5, 0.6) is 5.75 Å². The van der Waals surface area contributed by atoms with Gasteiger partial charge in [-0.15, -0.1) is 0 Å². The predicted molar refractivity (Wildman–Crippen MR) is 122 cm³/mol. The number of ether oxygens (including phenoxy) is 1. The minimum absolute atomic E-state index is 0.122. The zero-order valence-corrected chi connectivity index (χ0v) is 17.3. The normalized spacial score (nSPS) is 10.7. The Labute approximate surface area is 182 Å². The summed E-state index contributed by atoms with van der Waals surface area (Å²) < 4.78 is 7.99. The molecule has 0 saturated heterocycles. The lowest BCUT2D eigenvalue weighted by atomic mass is 10.0. The molecule has 156 valence electrons. The fraction of sp³-hybridized carbons (Fsp3) is 0.148. The molecule has 4 nitrogen and oxygen atoms in total. The standard InChI is InChI=1S/C27H25NO3/c29-27(30)16-13-24-18-28(19-26(24)23-9-5-2-6-10-23)17-21-11-14-25(15-12-21)31-20-22-7-3-1-4-8-22/h1-12,14-15,18-19H,13,16-17,20H2,(H,29,30). The number of benzene rings is 3. The van der Waals surface area contributed by atoms with Crippen LogP contribution in [-0.4, -0.2) is 15.6 Å². The summed E-state index contributed by atoms with van der Waals surface area (Å²) in [4.78, 5) is 11.1. The minimum atomic E-state index is -0.780. The molecule has 31 heavy (non-hydrogen) atoms. The molecule has 1 aromatic heterocycles. The molecule has 4 aromatic rings. The molecule has 4 heteroatoms. The van der Waals surface area contributed by atoms with Crippen molar-refractivity contribution in [2.75, 3.05) is 0 Å². The third kappa shape index (κ3) is 5.64. The summed E-state index contributed by atoms with van der Waals surface area (Å²) in [6.45, 7) is 1.26. The van der Waals surface area contributed by atoms with E-state index in [4.69, 9.17) is 9.84 Å². The van der Waals surface area contributed by atoms with Gasteiger partial charge in [0.2, 0.25) is 0 Å². The Bertz CT molecular complexity index is 1120. The Morgan fingerprint density at radius 1 is 0.806 bits per heavy atom. The molecule has 0 saturated carbocycles. The number of carboxylic acid groups (broad SMARTS) is 1. The summed E-state index contributed by atoms with van der Waals surface area (Å²) in [5, 5.41) is 9.10. The van der Waals surface area contributed by atoms with E-state index in [1.54, 1.807) is 0 Å². The van der Waals surface area contributed by atoms with Gasteiger partial charge in [-0.1, -0.05) is 72.8 Å². The third-order valence-corrected chi connectivity index (χ3v) is 5.19. The quantitative estimate of drug-likeness (QED) is 0.379. The van der Waals surface area contributed by atoms with Crippen molar-refractivity contribution in [2.24, 2.45) is 0 Å². The van der Waals surface area contributed by atoms with Gasteiger partial charge in [0.1, 0.15) is 12.4 Å². The molecule has 4 rings (SSSR count). The van der Waals surface area contributed by atoms with Crippen LogP contribution in [0, 0.1) is 0 Å². The molecule has 0 atom stereocenters. The number of carboxylic acids is 1. The second-order valence-electron chi connectivity index (χ2n) is 7.55. The first-order valence-corrected chi connectivity index (χ1v) is 10.4. The molecule has 0 unspecified atom stereocenters. The average Bonchev–Trinajstić information content (AvgIpc) is 3.21. The number of rotatable bonds is 9. The molecule has 0 aliphatic carbocycles. The van der Waals surface area contributed by atoms with E-state index in [2.05, 4.69) is 41.2 Å². The zero-order chi connectivity index (χ0) is 21.5. The summed E-state index contributed by atoms with van der Waals surface area (Å²) in [6, 6.07) is 28.3. The number of hydrogen-bond acceptors (Lipinski definition) is 2. The van der Waals surface area contributed by atoms with E-state index in [0.29, 0.717) is 19.6 Å². The Hall–Kier alpha value is -3.79. The third-order valence-electron chi connectivity index (χ3n) is 5.19. The van der Waals surface area contributed by atoms with Crippen LogP contribution < -0.4 is 4.74 Å². The largest absolute Gasteiger partial charge is 0.489 e. The van der Waals surface area contributed by atoms with Gasteiger partial charge in [-0.3, -0.25) is 4.79 Å². The smallest absolute Gasteiger partial charge is 0.303 e. The lowest BCUT2D eigenvalue weighted by Crippen LogP contribution is -1.99. The summed E-state index contributed by atoms with van der Waals surface area (Å²) >= 11 is 0. The van der Waals surface area contributed by atoms with E-state index in [9.17, 15) is 4.79 Å². The lowest BCUT2D eigenvalue weighted by molar-refractivity contribution is -0.136. The van der Waals surface area contributed by atoms with Crippen molar-refractivity contribution in [1.29, 1.82) is 0 Å². The number of aromatic nitrogens is 1. The molecule has 0 amide bonds. The first-order chi connectivity index (χ1) is 15.2. The molecule has 3 aromatic carbocycles. The van der Waals surface area contributed by atoms with Crippen molar-refractivity contribution in [3.63, 3.8) is 0 Å². The van der Waals surface area contributed by atoms with Crippen LogP contribution in [0.3, 0.4) is 0 Å². The van der Waals surface area contributed by atoms with Crippen LogP contribution in [0.1, 0.15) is 23.1 Å². The Morgan fingerprint density at radius 3 is 2.16 bits per heavy atom. The van der Waals surface area contributed by atoms with Crippen LogP contribution in [0.25, 0.3) is 11.1 Å². The maximum Gasteiger partial charge on any atom is 0.303 e. The SMILES string of the molecule is O=C(O)CCc1cn(Cc2ccc(OCc3ccccc3)cc2)cc1-c1ccccc1. The Kier molecular flexibility index (Phi) is 6.48. The lowest BCUT2D eigenvalue weighted by Gasteiger charge is -2.08. The van der Waals surface area contributed by atoms with Crippen molar-refractivity contribution in [3.8, 4) is 16.9 Å². The van der Waals surface area contributed by atoms with Gasteiger partial charge in [0.25, 0.3) is 0 Å². The van der Waals surface area contributed by atoms with Crippen LogP contribution in [0.15, 0.2) is 97.3 Å². The molecule has 1 heterocycles. The van der Waals surface area contributed by atoms with E-state index in [-0.39, 0.29) is 6.42 Å². The zero-order valence-electron chi connectivity index (χ0n) is 17.3. The highest BCUT2D eigenvalue weighted by molar-refractivity contribution is 5.70. The molecule has 1 N–H and O–H groups in total. The van der Waals surface area contributed by atoms with Crippen molar-refractivity contribution < 1.29 is 14.6 Å².